The van der Waals surface area contributed by atoms with Crippen LogP contribution in [-0.4, -0.2) is 31.1 Å². The van der Waals surface area contributed by atoms with Crippen molar-refractivity contribution in [2.24, 2.45) is 5.41 Å². The molecule has 0 spiro atoms. The van der Waals surface area contributed by atoms with Crippen LogP contribution in [0.1, 0.15) is 43.5 Å². The van der Waals surface area contributed by atoms with Crippen molar-refractivity contribution >= 4 is 12.4 Å². The number of hydrogen-bond acceptors (Lipinski definition) is 2. The third-order valence-electron chi connectivity index (χ3n) is 4.32. The summed E-state index contributed by atoms with van der Waals surface area (Å²) in [5.74, 6) is 0. The van der Waals surface area contributed by atoms with E-state index in [9.17, 15) is 26.3 Å². The number of piperazine rings is 1. The molecule has 2 rings (SSSR count). The summed E-state index contributed by atoms with van der Waals surface area (Å²) in [4.78, 5) is 1.83. The Morgan fingerprint density at radius 3 is 1.88 bits per heavy atom. The van der Waals surface area contributed by atoms with Crippen LogP contribution in [0.3, 0.4) is 0 Å². The van der Waals surface area contributed by atoms with E-state index in [1.807, 2.05) is 4.90 Å². The van der Waals surface area contributed by atoms with Gasteiger partial charge in [0, 0.05) is 32.2 Å². The van der Waals surface area contributed by atoms with Crippen LogP contribution in [0.2, 0.25) is 0 Å². The van der Waals surface area contributed by atoms with E-state index in [0.717, 1.165) is 0 Å². The molecule has 1 aromatic rings. The Labute approximate surface area is 155 Å². The second-order valence-corrected chi connectivity index (χ2v) is 7.35. The molecule has 9 heteroatoms. The Morgan fingerprint density at radius 1 is 0.923 bits per heavy atom. The van der Waals surface area contributed by atoms with E-state index in [0.29, 0.717) is 44.4 Å². The molecule has 1 saturated heterocycles. The average Bonchev–Trinajstić information content (AvgIpc) is 2.45. The number of alkyl halides is 6. The maximum Gasteiger partial charge on any atom is 0.416 e. The Bertz CT molecular complexity index is 601. The highest BCUT2D eigenvalue weighted by molar-refractivity contribution is 5.85. The predicted octanol–water partition coefficient (Wildman–Crippen LogP) is 5.14. The van der Waals surface area contributed by atoms with Crippen LogP contribution in [0.4, 0.5) is 26.3 Å². The van der Waals surface area contributed by atoms with Gasteiger partial charge < -0.3 is 5.32 Å². The number of benzene rings is 1. The zero-order chi connectivity index (χ0) is 19.0. The number of rotatable bonds is 2. The molecule has 0 aromatic heterocycles. The van der Waals surface area contributed by atoms with Crippen molar-refractivity contribution in [3.05, 3.63) is 34.9 Å². The molecular weight excluding hydrogens is 382 g/mol. The van der Waals surface area contributed by atoms with Crippen LogP contribution in [0.5, 0.6) is 0 Å². The molecule has 150 valence electrons. The van der Waals surface area contributed by atoms with E-state index in [4.69, 9.17) is 0 Å². The Balaban J connectivity index is 0.00000338. The highest BCUT2D eigenvalue weighted by Crippen LogP contribution is 2.45. The lowest BCUT2D eigenvalue weighted by Gasteiger charge is -2.43. The lowest BCUT2D eigenvalue weighted by molar-refractivity contribution is -0.142. The van der Waals surface area contributed by atoms with Crippen molar-refractivity contribution in [3.8, 4) is 0 Å². The fourth-order valence-electron chi connectivity index (χ4n) is 3.37. The van der Waals surface area contributed by atoms with Crippen molar-refractivity contribution in [3.63, 3.8) is 0 Å². The first kappa shape index (κ1) is 23.0. The fourth-order valence-corrected chi connectivity index (χ4v) is 3.37. The largest absolute Gasteiger partial charge is 0.416 e. The molecule has 0 amide bonds. The third-order valence-corrected chi connectivity index (χ3v) is 4.32. The average molecular weight is 405 g/mol. The molecule has 0 bridgehead atoms. The fraction of sp³-hybridized carbons (Fsp3) is 0.647. The van der Waals surface area contributed by atoms with E-state index in [-0.39, 0.29) is 18.0 Å². The first-order valence-corrected chi connectivity index (χ1v) is 8.05. The highest BCUT2D eigenvalue weighted by Gasteiger charge is 2.42. The SMILES string of the molecule is CC(C)(C)[C@H](c1cc(C(F)(F)F)ccc1C(F)(F)F)N1CCNCC1.Cl. The zero-order valence-corrected chi connectivity index (χ0v) is 15.6. The number of nitrogens with one attached hydrogen (secondary N) is 1. The normalized spacial score (nSPS) is 18.3. The quantitative estimate of drug-likeness (QED) is 0.687. The lowest BCUT2D eigenvalue weighted by Crippen LogP contribution is -2.48. The summed E-state index contributed by atoms with van der Waals surface area (Å²) in [5.41, 5.74) is -3.03. The highest BCUT2D eigenvalue weighted by atomic mass is 35.5. The van der Waals surface area contributed by atoms with Gasteiger partial charge >= 0.3 is 12.4 Å². The van der Waals surface area contributed by atoms with Crippen LogP contribution >= 0.6 is 12.4 Å². The van der Waals surface area contributed by atoms with E-state index >= 15 is 0 Å². The molecular formula is C17H23ClF6N2. The number of hydrogen-bond donors (Lipinski definition) is 1. The molecule has 1 fully saturated rings. The zero-order valence-electron chi connectivity index (χ0n) is 14.8. The van der Waals surface area contributed by atoms with Crippen LogP contribution in [0.15, 0.2) is 18.2 Å². The molecule has 0 saturated carbocycles. The summed E-state index contributed by atoms with van der Waals surface area (Å²) in [5, 5.41) is 3.11. The first-order chi connectivity index (χ1) is 11.3. The molecule has 1 N–H and O–H groups in total. The van der Waals surface area contributed by atoms with E-state index < -0.39 is 34.9 Å². The molecule has 0 aliphatic carbocycles. The van der Waals surface area contributed by atoms with Gasteiger partial charge in [0.1, 0.15) is 0 Å². The minimum atomic E-state index is -4.71. The van der Waals surface area contributed by atoms with Crippen LogP contribution in [0.25, 0.3) is 0 Å². The van der Waals surface area contributed by atoms with Crippen molar-refractivity contribution in [1.82, 2.24) is 10.2 Å². The predicted molar refractivity (Wildman–Crippen MR) is 90.3 cm³/mol. The van der Waals surface area contributed by atoms with Crippen molar-refractivity contribution < 1.29 is 26.3 Å². The lowest BCUT2D eigenvalue weighted by atomic mass is 9.78. The molecule has 1 aliphatic rings. The van der Waals surface area contributed by atoms with Crippen molar-refractivity contribution in [2.45, 2.75) is 39.2 Å². The van der Waals surface area contributed by atoms with Gasteiger partial charge in [-0.3, -0.25) is 4.90 Å². The molecule has 2 nitrogen and oxygen atoms in total. The summed E-state index contributed by atoms with van der Waals surface area (Å²) in [6.45, 7) is 7.39. The Morgan fingerprint density at radius 2 is 1.46 bits per heavy atom. The smallest absolute Gasteiger partial charge is 0.314 e. The van der Waals surface area contributed by atoms with Gasteiger partial charge in [0.25, 0.3) is 0 Å². The maximum atomic E-state index is 13.5. The van der Waals surface area contributed by atoms with Gasteiger partial charge in [-0.25, -0.2) is 0 Å². The molecule has 0 radical (unpaired) electrons. The van der Waals surface area contributed by atoms with Gasteiger partial charge in [0.2, 0.25) is 0 Å². The van der Waals surface area contributed by atoms with Crippen LogP contribution in [-0.2, 0) is 12.4 Å². The van der Waals surface area contributed by atoms with Gasteiger partial charge in [-0.05, 0) is 29.2 Å². The topological polar surface area (TPSA) is 15.3 Å². The van der Waals surface area contributed by atoms with Crippen molar-refractivity contribution in [2.75, 3.05) is 26.2 Å². The summed E-state index contributed by atoms with van der Waals surface area (Å²) in [6, 6.07) is 0.956. The first-order valence-electron chi connectivity index (χ1n) is 8.05. The summed E-state index contributed by atoms with van der Waals surface area (Å²) in [6.07, 6.45) is -9.40. The van der Waals surface area contributed by atoms with Gasteiger partial charge in [-0.1, -0.05) is 20.8 Å². The van der Waals surface area contributed by atoms with Gasteiger partial charge in [0.05, 0.1) is 11.1 Å². The maximum absolute atomic E-state index is 13.5. The van der Waals surface area contributed by atoms with Gasteiger partial charge in [-0.2, -0.15) is 26.3 Å². The second kappa shape index (κ2) is 7.94. The summed E-state index contributed by atoms with van der Waals surface area (Å²) >= 11 is 0. The van der Waals surface area contributed by atoms with E-state index in [2.05, 4.69) is 5.32 Å². The van der Waals surface area contributed by atoms with Crippen LogP contribution in [0, 0.1) is 5.41 Å². The monoisotopic (exact) mass is 404 g/mol. The minimum Gasteiger partial charge on any atom is -0.314 e. The third kappa shape index (κ3) is 5.27. The second-order valence-electron chi connectivity index (χ2n) is 7.35. The molecule has 1 atom stereocenters. The number of nitrogens with zero attached hydrogens (tertiary/aromatic N) is 1. The summed E-state index contributed by atoms with van der Waals surface area (Å²) in [7, 11) is 0. The minimum absolute atomic E-state index is 0. The Kier molecular flexibility index (Phi) is 7.04. The summed E-state index contributed by atoms with van der Waals surface area (Å²) < 4.78 is 79.7. The standard InChI is InChI=1S/C17H22F6N2.ClH/c1-15(2,3)14(25-8-6-24-7-9-25)12-10-11(16(18,19)20)4-5-13(12)17(21,22)23;/h4-5,10,14,24H,6-9H2,1-3H3;1H/t14-;/m0./s1. The van der Waals surface area contributed by atoms with Crippen molar-refractivity contribution in [1.29, 1.82) is 0 Å². The molecule has 1 aliphatic heterocycles. The Hall–Kier alpha value is -0.990. The van der Waals surface area contributed by atoms with Gasteiger partial charge in [0.15, 0.2) is 0 Å². The van der Waals surface area contributed by atoms with E-state index in [1.54, 1.807) is 20.8 Å². The van der Waals surface area contributed by atoms with Gasteiger partial charge in [-0.15, -0.1) is 12.4 Å². The molecule has 26 heavy (non-hydrogen) atoms. The molecule has 0 unspecified atom stereocenters. The number of halogens is 7. The van der Waals surface area contributed by atoms with Crippen LogP contribution < -0.4 is 5.32 Å². The molecule has 1 heterocycles. The van der Waals surface area contributed by atoms with E-state index in [1.165, 1.54) is 0 Å². The molecule has 1 aromatic carbocycles.